The molecule has 1 fully saturated rings. The second kappa shape index (κ2) is 12.1. The van der Waals surface area contributed by atoms with Crippen LogP contribution < -0.4 is 10.6 Å². The predicted octanol–water partition coefficient (Wildman–Crippen LogP) is 6.77. The number of halogens is 4. The second-order valence-corrected chi connectivity index (χ2v) is 11.0. The smallest absolute Gasteiger partial charge is 0.257 e. The molecule has 2 N–H and O–H groups in total. The Morgan fingerprint density at radius 2 is 1.70 bits per heavy atom. The summed E-state index contributed by atoms with van der Waals surface area (Å²) in [6.45, 7) is 4.97. The molecule has 2 unspecified atom stereocenters. The van der Waals surface area contributed by atoms with Gasteiger partial charge in [-0.15, -0.1) is 0 Å². The van der Waals surface area contributed by atoms with E-state index in [4.69, 9.17) is 16.6 Å². The summed E-state index contributed by atoms with van der Waals surface area (Å²) in [5, 5.41) is 6.79. The SMILES string of the molecule is C.CC1CN(C(=O)c2cc(Nc3ncc4c(n3)-c3ccc(Cl)cc3C(c3c(F)cccc3F)=NC4)ccc2F)CC(C)N1. The summed E-state index contributed by atoms with van der Waals surface area (Å²) in [5.74, 6) is -2.32. The van der Waals surface area contributed by atoms with Gasteiger partial charge in [0.2, 0.25) is 5.95 Å². The van der Waals surface area contributed by atoms with Crippen LogP contribution in [0, 0.1) is 17.5 Å². The molecule has 0 spiro atoms. The average Bonchev–Trinajstić information content (AvgIpc) is 3.10. The highest BCUT2D eigenvalue weighted by Gasteiger charge is 2.28. The van der Waals surface area contributed by atoms with Gasteiger partial charge in [-0.25, -0.2) is 23.1 Å². The maximum Gasteiger partial charge on any atom is 0.257 e. The van der Waals surface area contributed by atoms with Crippen molar-refractivity contribution in [3.63, 3.8) is 0 Å². The summed E-state index contributed by atoms with van der Waals surface area (Å²) in [6.07, 6.45) is 1.58. The van der Waals surface area contributed by atoms with E-state index >= 15 is 0 Å². The summed E-state index contributed by atoms with van der Waals surface area (Å²) in [6, 6.07) is 13.0. The molecule has 3 heterocycles. The lowest BCUT2D eigenvalue weighted by atomic mass is 9.95. The molecule has 1 saturated heterocycles. The predicted molar refractivity (Wildman–Crippen MR) is 163 cm³/mol. The molecule has 11 heteroatoms. The lowest BCUT2D eigenvalue weighted by molar-refractivity contribution is 0.0669. The Hall–Kier alpha value is -4.28. The van der Waals surface area contributed by atoms with Crippen molar-refractivity contribution in [1.82, 2.24) is 20.2 Å². The molecule has 4 aromatic rings. The highest BCUT2D eigenvalue weighted by Crippen LogP contribution is 2.35. The highest BCUT2D eigenvalue weighted by molar-refractivity contribution is 6.31. The molecule has 2 aliphatic heterocycles. The molecular formula is C32H30ClF3N6O. The summed E-state index contributed by atoms with van der Waals surface area (Å²) in [5.41, 5.74) is 2.35. The van der Waals surface area contributed by atoms with Gasteiger partial charge >= 0.3 is 0 Å². The van der Waals surface area contributed by atoms with Gasteiger partial charge in [0.05, 0.1) is 29.1 Å². The number of nitrogens with one attached hydrogen (secondary N) is 2. The third kappa shape index (κ3) is 5.98. The van der Waals surface area contributed by atoms with E-state index in [1.807, 2.05) is 13.8 Å². The molecule has 6 rings (SSSR count). The summed E-state index contributed by atoms with van der Waals surface area (Å²) < 4.78 is 44.5. The van der Waals surface area contributed by atoms with Crippen LogP contribution in [0.2, 0.25) is 5.02 Å². The Morgan fingerprint density at radius 3 is 2.42 bits per heavy atom. The Kier molecular flexibility index (Phi) is 8.52. The maximum absolute atomic E-state index is 14.8. The number of nitrogens with zero attached hydrogens (tertiary/aromatic N) is 4. The fraction of sp³-hybridized carbons (Fsp3) is 0.250. The topological polar surface area (TPSA) is 82.5 Å². The van der Waals surface area contributed by atoms with E-state index in [1.165, 1.54) is 36.4 Å². The van der Waals surface area contributed by atoms with Crippen LogP contribution >= 0.6 is 11.6 Å². The quantitative estimate of drug-likeness (QED) is 0.268. The van der Waals surface area contributed by atoms with Crippen molar-refractivity contribution in [3.8, 4) is 11.3 Å². The van der Waals surface area contributed by atoms with E-state index < -0.39 is 23.4 Å². The van der Waals surface area contributed by atoms with E-state index in [-0.39, 0.29) is 48.8 Å². The van der Waals surface area contributed by atoms with Crippen molar-refractivity contribution in [1.29, 1.82) is 0 Å². The van der Waals surface area contributed by atoms with Gasteiger partial charge < -0.3 is 15.5 Å². The number of hydrogen-bond acceptors (Lipinski definition) is 6. The number of hydrogen-bond donors (Lipinski definition) is 2. The Bertz CT molecular complexity index is 1720. The molecule has 0 bridgehead atoms. The van der Waals surface area contributed by atoms with E-state index in [0.29, 0.717) is 46.2 Å². The zero-order valence-electron chi connectivity index (χ0n) is 22.8. The number of aliphatic imine (C=N–C) groups is 1. The molecule has 7 nitrogen and oxygen atoms in total. The van der Waals surface area contributed by atoms with Crippen molar-refractivity contribution < 1.29 is 18.0 Å². The molecule has 222 valence electrons. The first-order valence-corrected chi connectivity index (χ1v) is 13.8. The average molecular weight is 607 g/mol. The summed E-state index contributed by atoms with van der Waals surface area (Å²) in [4.78, 5) is 28.5. The van der Waals surface area contributed by atoms with Crippen LogP contribution in [-0.2, 0) is 6.54 Å². The molecule has 1 aromatic heterocycles. The lowest BCUT2D eigenvalue weighted by Crippen LogP contribution is -2.55. The molecule has 0 aliphatic carbocycles. The van der Waals surface area contributed by atoms with Crippen LogP contribution in [0.25, 0.3) is 11.3 Å². The molecule has 43 heavy (non-hydrogen) atoms. The van der Waals surface area contributed by atoms with Crippen LogP contribution in [0.4, 0.5) is 24.8 Å². The first-order chi connectivity index (χ1) is 20.2. The number of benzene rings is 3. The van der Waals surface area contributed by atoms with Gasteiger partial charge in [-0.05, 0) is 56.3 Å². The van der Waals surface area contributed by atoms with Gasteiger partial charge in [-0.3, -0.25) is 9.79 Å². The Morgan fingerprint density at radius 1 is 0.977 bits per heavy atom. The molecule has 2 atom stereocenters. The van der Waals surface area contributed by atoms with Gasteiger partial charge in [0.1, 0.15) is 17.5 Å². The molecule has 0 saturated carbocycles. The number of carbonyl (C=O) groups excluding carboxylic acids is 1. The van der Waals surface area contributed by atoms with E-state index in [2.05, 4.69) is 20.6 Å². The van der Waals surface area contributed by atoms with E-state index in [1.54, 1.807) is 29.3 Å². The maximum atomic E-state index is 14.8. The highest BCUT2D eigenvalue weighted by atomic mass is 35.5. The van der Waals surface area contributed by atoms with Crippen LogP contribution in [0.1, 0.15) is 48.3 Å². The minimum atomic E-state index is -0.745. The van der Waals surface area contributed by atoms with Gasteiger partial charge in [0, 0.05) is 58.8 Å². The first kappa shape index (κ1) is 30.2. The number of fused-ring (bicyclic) bond motifs is 3. The summed E-state index contributed by atoms with van der Waals surface area (Å²) >= 11 is 6.30. The van der Waals surface area contributed by atoms with Crippen molar-refractivity contribution in [3.05, 3.63) is 106 Å². The fourth-order valence-corrected chi connectivity index (χ4v) is 5.65. The molecule has 0 radical (unpaired) electrons. The fourth-order valence-electron chi connectivity index (χ4n) is 5.48. The van der Waals surface area contributed by atoms with Crippen molar-refractivity contribution in [2.45, 2.75) is 39.9 Å². The second-order valence-electron chi connectivity index (χ2n) is 10.5. The van der Waals surface area contributed by atoms with Crippen molar-refractivity contribution in [2.75, 3.05) is 18.4 Å². The lowest BCUT2D eigenvalue weighted by Gasteiger charge is -2.36. The van der Waals surface area contributed by atoms with Crippen molar-refractivity contribution in [2.24, 2.45) is 4.99 Å². The number of aromatic nitrogens is 2. The van der Waals surface area contributed by atoms with Gasteiger partial charge in [-0.1, -0.05) is 31.2 Å². The number of rotatable bonds is 4. The number of amides is 1. The standard InChI is InChI=1S/C31H26ClF3N6O.CH4/c1-16-14-41(15-17(2)38-16)30(42)23-11-20(7-9-24(23)33)39-31-37-13-18-12-36-29(27-25(34)4-3-5-26(27)35)22-10-19(32)6-8-21(22)28(18)40-31;/h3-11,13,16-17,38H,12,14-15H2,1-2H3,(H,37,39,40);1H4. The van der Waals surface area contributed by atoms with E-state index in [9.17, 15) is 18.0 Å². The molecule has 1 amide bonds. The van der Waals surface area contributed by atoms with Crippen LogP contribution in [0.15, 0.2) is 65.8 Å². The Labute approximate surface area is 252 Å². The van der Waals surface area contributed by atoms with Crippen LogP contribution in [-0.4, -0.2) is 51.7 Å². The van der Waals surface area contributed by atoms with E-state index in [0.717, 1.165) is 0 Å². The van der Waals surface area contributed by atoms with Gasteiger partial charge in [0.15, 0.2) is 0 Å². The summed E-state index contributed by atoms with van der Waals surface area (Å²) in [7, 11) is 0. The van der Waals surface area contributed by atoms with Gasteiger partial charge in [0.25, 0.3) is 5.91 Å². The van der Waals surface area contributed by atoms with Crippen LogP contribution in [0.5, 0.6) is 0 Å². The third-order valence-corrected chi connectivity index (χ3v) is 7.50. The molecule has 3 aromatic carbocycles. The normalized spacial score (nSPS) is 17.6. The number of carbonyl (C=O) groups is 1. The largest absolute Gasteiger partial charge is 0.335 e. The van der Waals surface area contributed by atoms with Gasteiger partial charge in [-0.2, -0.15) is 0 Å². The monoisotopic (exact) mass is 606 g/mol. The molecule has 2 aliphatic rings. The zero-order valence-corrected chi connectivity index (χ0v) is 23.5. The van der Waals surface area contributed by atoms with Crippen molar-refractivity contribution >= 4 is 34.9 Å². The first-order valence-electron chi connectivity index (χ1n) is 13.4. The third-order valence-electron chi connectivity index (χ3n) is 7.26. The number of piperazine rings is 1. The zero-order chi connectivity index (χ0) is 29.5. The van der Waals surface area contributed by atoms with Crippen LogP contribution in [0.3, 0.4) is 0 Å². The minimum absolute atomic E-state index is 0. The number of anilines is 2. The Balaban J connectivity index is 0.00000368. The minimum Gasteiger partial charge on any atom is -0.335 e. The molecular weight excluding hydrogens is 577 g/mol.